The molecule has 0 spiro atoms. The Balaban J connectivity index is 1.65. The molecule has 0 saturated heterocycles. The zero-order chi connectivity index (χ0) is 22.9. The third-order valence-corrected chi connectivity index (χ3v) is 4.56. The molecule has 1 amide bonds. The summed E-state index contributed by atoms with van der Waals surface area (Å²) in [5.74, 6) is -1.53. The predicted octanol–water partition coefficient (Wildman–Crippen LogP) is 3.89. The number of ether oxygens (including phenoxy) is 1. The van der Waals surface area contributed by atoms with Crippen LogP contribution in [0.3, 0.4) is 0 Å². The van der Waals surface area contributed by atoms with E-state index in [-0.39, 0.29) is 17.8 Å². The average Bonchev–Trinajstić information content (AvgIpc) is 3.21. The molecule has 0 saturated carbocycles. The number of alkyl halides is 3. The first-order valence-electron chi connectivity index (χ1n) is 9.26. The second-order valence-electron chi connectivity index (χ2n) is 6.71. The Morgan fingerprint density at radius 3 is 2.38 bits per heavy atom. The van der Waals surface area contributed by atoms with Crippen LogP contribution in [-0.2, 0) is 12.7 Å². The van der Waals surface area contributed by atoms with E-state index in [9.17, 15) is 22.4 Å². The molecule has 2 aromatic heterocycles. The minimum Gasteiger partial charge on any atom is -0.497 e. The minimum absolute atomic E-state index is 0.0811. The van der Waals surface area contributed by atoms with Gasteiger partial charge in [0.1, 0.15) is 11.6 Å². The largest absolute Gasteiger partial charge is 0.497 e. The number of fused-ring (bicyclic) bond motifs is 1. The Bertz CT molecular complexity index is 1270. The van der Waals surface area contributed by atoms with Gasteiger partial charge in [-0.15, -0.1) is 5.10 Å². The number of nitrogens with zero attached hydrogens (tertiary/aromatic N) is 4. The van der Waals surface area contributed by atoms with Gasteiger partial charge in [-0.2, -0.15) is 22.7 Å². The first-order valence-corrected chi connectivity index (χ1v) is 9.26. The monoisotopic (exact) mass is 445 g/mol. The Morgan fingerprint density at radius 2 is 1.75 bits per heavy atom. The lowest BCUT2D eigenvalue weighted by atomic mass is 10.1. The standard InChI is InChI=1S/C21H15F4N5O2/c1-32-15-8-2-12(3-9-15)11-26-19(31)18-28-20-27-16(13-4-6-14(22)7-5-13)10-17(21(23,24)25)30(20)29-18/h2-10H,11H2,1H3,(H,26,31). The molecular weight excluding hydrogens is 430 g/mol. The van der Waals surface area contributed by atoms with Crippen LogP contribution < -0.4 is 10.1 Å². The number of aromatic nitrogens is 4. The summed E-state index contributed by atoms with van der Waals surface area (Å²) in [5, 5.41) is 6.25. The zero-order valence-corrected chi connectivity index (χ0v) is 16.5. The highest BCUT2D eigenvalue weighted by molar-refractivity contribution is 5.90. The van der Waals surface area contributed by atoms with Crippen molar-refractivity contribution in [1.82, 2.24) is 24.9 Å². The highest BCUT2D eigenvalue weighted by Gasteiger charge is 2.36. The molecule has 2 heterocycles. The molecule has 1 N–H and O–H groups in total. The fourth-order valence-electron chi connectivity index (χ4n) is 2.94. The van der Waals surface area contributed by atoms with E-state index < -0.39 is 35.2 Å². The lowest BCUT2D eigenvalue weighted by Crippen LogP contribution is -2.24. The number of benzene rings is 2. The number of methoxy groups -OCH3 is 1. The Kier molecular flexibility index (Phi) is 5.47. The third-order valence-electron chi connectivity index (χ3n) is 4.56. The molecule has 0 radical (unpaired) electrons. The number of carbonyl (C=O) groups is 1. The number of amides is 1. The normalized spacial score (nSPS) is 11.5. The summed E-state index contributed by atoms with van der Waals surface area (Å²) in [5.41, 5.74) is -0.241. The van der Waals surface area contributed by atoms with Crippen LogP contribution in [0.1, 0.15) is 21.9 Å². The lowest BCUT2D eigenvalue weighted by Gasteiger charge is -2.10. The van der Waals surface area contributed by atoms with E-state index in [1.807, 2.05) is 0 Å². The third kappa shape index (κ3) is 4.36. The van der Waals surface area contributed by atoms with Crippen molar-refractivity contribution in [2.24, 2.45) is 0 Å². The van der Waals surface area contributed by atoms with Gasteiger partial charge in [-0.1, -0.05) is 12.1 Å². The van der Waals surface area contributed by atoms with Crippen molar-refractivity contribution < 1.29 is 27.1 Å². The summed E-state index contributed by atoms with van der Waals surface area (Å²) in [7, 11) is 1.52. The maximum absolute atomic E-state index is 13.6. The van der Waals surface area contributed by atoms with Crippen LogP contribution in [0.15, 0.2) is 54.6 Å². The number of hydrogen-bond donors (Lipinski definition) is 1. The van der Waals surface area contributed by atoms with Crippen molar-refractivity contribution in [1.29, 1.82) is 0 Å². The van der Waals surface area contributed by atoms with Gasteiger partial charge in [0.2, 0.25) is 5.82 Å². The van der Waals surface area contributed by atoms with Crippen molar-refractivity contribution >= 4 is 11.7 Å². The van der Waals surface area contributed by atoms with E-state index in [0.29, 0.717) is 10.3 Å². The van der Waals surface area contributed by atoms with Crippen LogP contribution >= 0.6 is 0 Å². The molecule has 0 aliphatic carbocycles. The second kappa shape index (κ2) is 8.25. The van der Waals surface area contributed by atoms with Gasteiger partial charge in [0.15, 0.2) is 5.69 Å². The molecule has 4 aromatic rings. The number of rotatable bonds is 5. The molecule has 2 aromatic carbocycles. The van der Waals surface area contributed by atoms with Gasteiger partial charge in [-0.05, 0) is 48.0 Å². The summed E-state index contributed by atoms with van der Waals surface area (Å²) >= 11 is 0. The molecule has 0 unspecified atom stereocenters. The van der Waals surface area contributed by atoms with Gasteiger partial charge in [0, 0.05) is 12.1 Å². The maximum Gasteiger partial charge on any atom is 0.433 e. The molecule has 0 fully saturated rings. The van der Waals surface area contributed by atoms with Crippen LogP contribution in [0, 0.1) is 5.82 Å². The van der Waals surface area contributed by atoms with Crippen LogP contribution in [0.2, 0.25) is 0 Å². The minimum atomic E-state index is -4.79. The zero-order valence-electron chi connectivity index (χ0n) is 16.5. The van der Waals surface area contributed by atoms with Crippen molar-refractivity contribution in [3.8, 4) is 17.0 Å². The van der Waals surface area contributed by atoms with Crippen molar-refractivity contribution in [3.63, 3.8) is 0 Å². The van der Waals surface area contributed by atoms with Crippen LogP contribution in [0.4, 0.5) is 17.6 Å². The number of hydrogen-bond acceptors (Lipinski definition) is 5. The molecule has 164 valence electrons. The molecule has 11 heteroatoms. The van der Waals surface area contributed by atoms with Gasteiger partial charge in [0.25, 0.3) is 11.7 Å². The van der Waals surface area contributed by atoms with Crippen molar-refractivity contribution in [2.45, 2.75) is 12.7 Å². The summed E-state index contributed by atoms with van der Waals surface area (Å²) in [6.45, 7) is 0.110. The molecule has 0 atom stereocenters. The molecule has 0 aliphatic heterocycles. The Morgan fingerprint density at radius 1 is 1.06 bits per heavy atom. The molecular formula is C21H15F4N5O2. The van der Waals surface area contributed by atoms with Crippen LogP contribution in [0.5, 0.6) is 5.75 Å². The second-order valence-corrected chi connectivity index (χ2v) is 6.71. The summed E-state index contributed by atoms with van der Waals surface area (Å²) < 4.78 is 59.6. The molecule has 32 heavy (non-hydrogen) atoms. The first kappa shape index (κ1) is 21.2. The van der Waals surface area contributed by atoms with Gasteiger partial charge < -0.3 is 10.1 Å². The first-order chi connectivity index (χ1) is 15.2. The molecule has 7 nitrogen and oxygen atoms in total. The van der Waals surface area contributed by atoms with Gasteiger partial charge in [-0.25, -0.2) is 9.37 Å². The topological polar surface area (TPSA) is 81.4 Å². The van der Waals surface area contributed by atoms with E-state index in [4.69, 9.17) is 4.74 Å². The van der Waals surface area contributed by atoms with E-state index in [1.165, 1.54) is 19.2 Å². The smallest absolute Gasteiger partial charge is 0.433 e. The fourth-order valence-corrected chi connectivity index (χ4v) is 2.94. The summed E-state index contributed by atoms with van der Waals surface area (Å²) in [6.07, 6.45) is -4.79. The van der Waals surface area contributed by atoms with E-state index >= 15 is 0 Å². The number of nitrogens with one attached hydrogen (secondary N) is 1. The van der Waals surface area contributed by atoms with Gasteiger partial charge in [0.05, 0.1) is 12.8 Å². The average molecular weight is 445 g/mol. The van der Waals surface area contributed by atoms with Crippen molar-refractivity contribution in [2.75, 3.05) is 7.11 Å². The fraction of sp³-hybridized carbons (Fsp3) is 0.143. The number of carbonyl (C=O) groups excluding carboxylic acids is 1. The molecule has 4 rings (SSSR count). The Hall–Kier alpha value is -4.02. The highest BCUT2D eigenvalue weighted by Crippen LogP contribution is 2.32. The van der Waals surface area contributed by atoms with E-state index in [2.05, 4.69) is 20.4 Å². The van der Waals surface area contributed by atoms with Crippen LogP contribution in [0.25, 0.3) is 17.0 Å². The highest BCUT2D eigenvalue weighted by atomic mass is 19.4. The van der Waals surface area contributed by atoms with Gasteiger partial charge in [-0.3, -0.25) is 4.79 Å². The summed E-state index contributed by atoms with van der Waals surface area (Å²) in [4.78, 5) is 20.4. The van der Waals surface area contributed by atoms with Crippen LogP contribution in [-0.4, -0.2) is 32.6 Å². The van der Waals surface area contributed by atoms with Gasteiger partial charge >= 0.3 is 6.18 Å². The Labute approximate surface area is 178 Å². The van der Waals surface area contributed by atoms with E-state index in [0.717, 1.165) is 23.8 Å². The molecule has 0 aliphatic rings. The van der Waals surface area contributed by atoms with E-state index in [1.54, 1.807) is 24.3 Å². The lowest BCUT2D eigenvalue weighted by molar-refractivity contribution is -0.142. The SMILES string of the molecule is COc1ccc(CNC(=O)c2nc3nc(-c4ccc(F)cc4)cc(C(F)(F)F)n3n2)cc1. The van der Waals surface area contributed by atoms with Crippen molar-refractivity contribution in [3.05, 3.63) is 77.5 Å². The number of halogens is 4. The molecule has 0 bridgehead atoms. The maximum atomic E-state index is 13.6. The predicted molar refractivity (Wildman–Crippen MR) is 105 cm³/mol. The quantitative estimate of drug-likeness (QED) is 0.472. The summed E-state index contributed by atoms with van der Waals surface area (Å²) in [6, 6.07) is 12.5.